The molecular weight excluding hydrogens is 672 g/mol. The largest absolute Gasteiger partial charge is 0.506 e. The highest BCUT2D eigenvalue weighted by atomic mass is 16.5. The number of hydrogen-bond acceptors (Lipinski definition) is 8. The molecule has 0 radical (unpaired) electrons. The summed E-state index contributed by atoms with van der Waals surface area (Å²) in [5.74, 6) is 1.67. The molecule has 3 aliphatic rings. The van der Waals surface area contributed by atoms with Crippen molar-refractivity contribution in [1.29, 1.82) is 0 Å². The van der Waals surface area contributed by atoms with Gasteiger partial charge in [-0.25, -0.2) is 4.79 Å². The first kappa shape index (κ1) is 38.2. The van der Waals surface area contributed by atoms with Crippen LogP contribution in [-0.2, 0) is 0 Å². The first-order valence-corrected chi connectivity index (χ1v) is 19.2. The van der Waals surface area contributed by atoms with E-state index in [1.165, 1.54) is 12.1 Å². The van der Waals surface area contributed by atoms with Crippen molar-refractivity contribution < 1.29 is 29.6 Å². The number of aromatic nitrogens is 1. The fraction of sp³-hybridized carbons (Fsp3) is 0.476. The van der Waals surface area contributed by atoms with Gasteiger partial charge >= 0.3 is 6.09 Å². The molecule has 11 nitrogen and oxygen atoms in total. The van der Waals surface area contributed by atoms with Gasteiger partial charge in [0.05, 0.1) is 37.4 Å². The SMILES string of the molecule is COc1cc(OCCCCCCCCCNC[C@H](O)c2ccc(O)c3[nH]c(=O)ccc23)cc(C(c2ccccc2)N(C(=O)O)[C@H]2CN3CCC2CC3)c1. The van der Waals surface area contributed by atoms with Gasteiger partial charge in [0.2, 0.25) is 5.56 Å². The lowest BCUT2D eigenvalue weighted by Gasteiger charge is -2.50. The number of phenolic OH excluding ortho intramolecular Hbond substituents is 1. The fourth-order valence-corrected chi connectivity index (χ4v) is 8.12. The van der Waals surface area contributed by atoms with Crippen LogP contribution in [-0.4, -0.2) is 88.7 Å². The maximum atomic E-state index is 13.0. The van der Waals surface area contributed by atoms with Gasteiger partial charge in [-0.3, -0.25) is 9.69 Å². The number of aromatic amines is 1. The van der Waals surface area contributed by atoms with Crippen LogP contribution in [0.15, 0.2) is 77.6 Å². The number of nitrogens with one attached hydrogen (secondary N) is 2. The van der Waals surface area contributed by atoms with Crippen LogP contribution < -0.4 is 20.3 Å². The zero-order valence-corrected chi connectivity index (χ0v) is 30.7. The second-order valence-corrected chi connectivity index (χ2v) is 14.5. The Balaban J connectivity index is 0.938. The lowest BCUT2D eigenvalue weighted by molar-refractivity contribution is -0.000837. The predicted octanol–water partition coefficient (Wildman–Crippen LogP) is 6.84. The van der Waals surface area contributed by atoms with E-state index in [0.717, 1.165) is 95.1 Å². The van der Waals surface area contributed by atoms with Crippen LogP contribution in [0, 0.1) is 5.92 Å². The fourth-order valence-electron chi connectivity index (χ4n) is 8.12. The molecule has 0 saturated carbocycles. The number of pyridine rings is 1. The second kappa shape index (κ2) is 18.4. The van der Waals surface area contributed by atoms with Gasteiger partial charge < -0.3 is 40.0 Å². The Bertz CT molecular complexity index is 1840. The molecule has 2 bridgehead atoms. The molecule has 1 aromatic heterocycles. The highest BCUT2D eigenvalue weighted by Gasteiger charge is 2.43. The Hall–Kier alpha value is -4.58. The van der Waals surface area contributed by atoms with Gasteiger partial charge in [0.1, 0.15) is 17.2 Å². The van der Waals surface area contributed by atoms with Gasteiger partial charge in [0.25, 0.3) is 0 Å². The van der Waals surface area contributed by atoms with E-state index < -0.39 is 18.2 Å². The normalized spacial score (nSPS) is 19.2. The van der Waals surface area contributed by atoms with Crippen LogP contribution in [0.2, 0.25) is 0 Å². The molecule has 0 spiro atoms. The van der Waals surface area contributed by atoms with E-state index >= 15 is 0 Å². The van der Waals surface area contributed by atoms with Crippen molar-refractivity contribution in [2.45, 2.75) is 76.0 Å². The Morgan fingerprint density at radius 3 is 2.34 bits per heavy atom. The first-order valence-electron chi connectivity index (χ1n) is 19.2. The van der Waals surface area contributed by atoms with Gasteiger partial charge in [0, 0.05) is 30.6 Å². The summed E-state index contributed by atoms with van der Waals surface area (Å²) in [7, 11) is 1.63. The molecule has 5 N–H and O–H groups in total. The maximum Gasteiger partial charge on any atom is 0.408 e. The standard InChI is InChI=1S/C42H54N4O7/c1-52-32-24-31(41(30-12-8-7-9-13-30)46(42(50)51)36-28-45-21-18-29(36)19-22-45)25-33(26-32)53-23-11-6-4-2-3-5-10-20-43-27-38(48)34-14-16-37(47)40-35(34)15-17-39(49)44-40/h7-9,12-17,24-26,29,36,38,41,43,47-48H,2-6,10-11,18-23,27-28H2,1H3,(H,44,49)(H,50,51)/t36-,38-,41?/m0/s1. The zero-order chi connectivity index (χ0) is 37.2. The Morgan fingerprint density at radius 1 is 0.925 bits per heavy atom. The molecule has 3 fully saturated rings. The smallest absolute Gasteiger partial charge is 0.408 e. The number of aliphatic hydroxyl groups is 1. The number of nitrogens with zero attached hydrogens (tertiary/aromatic N) is 2. The van der Waals surface area contributed by atoms with Crippen LogP contribution in [0.4, 0.5) is 4.79 Å². The second-order valence-electron chi connectivity index (χ2n) is 14.5. The number of methoxy groups -OCH3 is 1. The van der Waals surface area contributed by atoms with Gasteiger partial charge in [-0.2, -0.15) is 0 Å². The average molecular weight is 727 g/mol. The number of hydrogen-bond donors (Lipinski definition) is 5. The zero-order valence-electron chi connectivity index (χ0n) is 30.7. The molecule has 3 saturated heterocycles. The van der Waals surface area contributed by atoms with E-state index in [1.807, 2.05) is 48.5 Å². The van der Waals surface area contributed by atoms with Gasteiger partial charge in [-0.15, -0.1) is 0 Å². The van der Waals surface area contributed by atoms with Gasteiger partial charge in [0.15, 0.2) is 0 Å². The summed E-state index contributed by atoms with van der Waals surface area (Å²) in [6.45, 7) is 4.61. The number of carbonyl (C=O) groups is 1. The molecule has 4 heterocycles. The topological polar surface area (TPSA) is 148 Å². The number of amides is 1. The molecule has 53 heavy (non-hydrogen) atoms. The molecule has 3 aromatic carbocycles. The van der Waals surface area contributed by atoms with Crippen molar-refractivity contribution in [3.8, 4) is 17.2 Å². The molecule has 11 heteroatoms. The van der Waals surface area contributed by atoms with Crippen molar-refractivity contribution in [3.05, 3.63) is 99.8 Å². The number of piperidine rings is 3. The third kappa shape index (κ3) is 9.70. The lowest BCUT2D eigenvalue weighted by Crippen LogP contribution is -2.59. The van der Waals surface area contributed by atoms with Crippen molar-refractivity contribution in [2.24, 2.45) is 5.92 Å². The number of benzene rings is 3. The van der Waals surface area contributed by atoms with Crippen molar-refractivity contribution in [2.75, 3.05) is 46.4 Å². The Labute approximate surface area is 311 Å². The van der Waals surface area contributed by atoms with Gasteiger partial charge in [-0.05, 0) is 92.2 Å². The number of aliphatic hydroxyl groups excluding tert-OH is 1. The number of fused-ring (bicyclic) bond motifs is 4. The summed E-state index contributed by atoms with van der Waals surface area (Å²) < 4.78 is 11.9. The minimum Gasteiger partial charge on any atom is -0.506 e. The molecule has 7 rings (SSSR count). The molecule has 1 unspecified atom stereocenters. The Morgan fingerprint density at radius 2 is 1.64 bits per heavy atom. The minimum atomic E-state index is -0.905. The van der Waals surface area contributed by atoms with E-state index in [0.29, 0.717) is 47.0 Å². The number of unbranched alkanes of at least 4 members (excludes halogenated alkanes) is 6. The van der Waals surface area contributed by atoms with Crippen LogP contribution >= 0.6 is 0 Å². The van der Waals surface area contributed by atoms with Crippen molar-refractivity contribution in [3.63, 3.8) is 0 Å². The summed E-state index contributed by atoms with van der Waals surface area (Å²) in [5, 5.41) is 35.5. The van der Waals surface area contributed by atoms with Crippen LogP contribution in [0.5, 0.6) is 17.2 Å². The molecule has 3 atom stereocenters. The number of carboxylic acid groups (broad SMARTS) is 1. The molecule has 0 aliphatic carbocycles. The first-order chi connectivity index (χ1) is 25.8. The van der Waals surface area contributed by atoms with Crippen molar-refractivity contribution >= 4 is 17.0 Å². The monoisotopic (exact) mass is 726 g/mol. The van der Waals surface area contributed by atoms with Crippen LogP contribution in [0.3, 0.4) is 0 Å². The number of phenols is 1. The summed E-state index contributed by atoms with van der Waals surface area (Å²) in [6, 6.07) is 21.4. The summed E-state index contributed by atoms with van der Waals surface area (Å²) in [6.07, 6.45) is 7.90. The molecule has 3 aliphatic heterocycles. The number of aromatic hydroxyl groups is 1. The van der Waals surface area contributed by atoms with Crippen LogP contribution in [0.25, 0.3) is 10.9 Å². The van der Waals surface area contributed by atoms with Crippen LogP contribution in [0.1, 0.15) is 86.6 Å². The van der Waals surface area contributed by atoms with Crippen molar-refractivity contribution in [1.82, 2.24) is 20.1 Å². The van der Waals surface area contributed by atoms with E-state index in [1.54, 1.807) is 24.1 Å². The maximum absolute atomic E-state index is 13.0. The number of rotatable bonds is 19. The van der Waals surface area contributed by atoms with E-state index in [9.17, 15) is 24.9 Å². The minimum absolute atomic E-state index is 0.0159. The quantitative estimate of drug-likeness (QED) is 0.0656. The van der Waals surface area contributed by atoms with Gasteiger partial charge in [-0.1, -0.05) is 68.5 Å². The predicted molar refractivity (Wildman–Crippen MR) is 206 cm³/mol. The van der Waals surface area contributed by atoms with E-state index in [-0.39, 0.29) is 17.4 Å². The molecule has 284 valence electrons. The molecular formula is C42H54N4O7. The molecule has 1 amide bonds. The highest BCUT2D eigenvalue weighted by Crippen LogP contribution is 2.40. The third-order valence-electron chi connectivity index (χ3n) is 10.9. The third-order valence-corrected chi connectivity index (χ3v) is 10.9. The number of H-pyrrole nitrogens is 1. The summed E-state index contributed by atoms with van der Waals surface area (Å²) >= 11 is 0. The summed E-state index contributed by atoms with van der Waals surface area (Å²) in [5.41, 5.74) is 2.48. The summed E-state index contributed by atoms with van der Waals surface area (Å²) in [4.78, 5) is 31.4. The molecule has 4 aromatic rings. The lowest BCUT2D eigenvalue weighted by atomic mass is 9.81. The number of ether oxygens (including phenoxy) is 2. The van der Waals surface area contributed by atoms with E-state index in [4.69, 9.17) is 9.47 Å². The Kier molecular flexibility index (Phi) is 13.3. The van der Waals surface area contributed by atoms with E-state index in [2.05, 4.69) is 15.2 Å². The highest BCUT2D eigenvalue weighted by molar-refractivity contribution is 5.87. The average Bonchev–Trinajstić information content (AvgIpc) is 3.18.